The van der Waals surface area contributed by atoms with Crippen molar-refractivity contribution < 1.29 is 9.53 Å². The fourth-order valence-corrected chi connectivity index (χ4v) is 3.95. The maximum atomic E-state index is 13.0. The second-order valence-electron chi connectivity index (χ2n) is 8.01. The molecule has 1 aliphatic heterocycles. The second kappa shape index (κ2) is 9.54. The summed E-state index contributed by atoms with van der Waals surface area (Å²) < 4.78 is 7.70. The van der Waals surface area contributed by atoms with Gasteiger partial charge in [-0.1, -0.05) is 29.8 Å². The lowest BCUT2D eigenvalue weighted by Crippen LogP contribution is -2.48. The van der Waals surface area contributed by atoms with Gasteiger partial charge in [-0.15, -0.1) is 0 Å². The summed E-state index contributed by atoms with van der Waals surface area (Å²) in [6.45, 7) is 6.38. The van der Waals surface area contributed by atoms with E-state index in [0.717, 1.165) is 43.9 Å². The standard InChI is InChI=1S/C24H27ClN4O2/c1-18-6-7-22(25)23(12-18)31-17-19-4-3-5-21(13-19)24(30)29-10-8-28(9-11-29)16-20-14-26-27(2)15-20/h3-7,12-15H,8-11,16-17H2,1-2H3. The largest absolute Gasteiger partial charge is 0.487 e. The van der Waals surface area contributed by atoms with E-state index in [1.54, 1.807) is 0 Å². The van der Waals surface area contributed by atoms with Crippen LogP contribution in [0.3, 0.4) is 0 Å². The molecule has 31 heavy (non-hydrogen) atoms. The van der Waals surface area contributed by atoms with Crippen LogP contribution in [0.1, 0.15) is 27.0 Å². The molecule has 0 spiro atoms. The van der Waals surface area contributed by atoms with Crippen LogP contribution >= 0.6 is 11.6 Å². The Kier molecular flexibility index (Phi) is 6.59. The number of nitrogens with zero attached hydrogens (tertiary/aromatic N) is 4. The molecule has 1 fully saturated rings. The van der Waals surface area contributed by atoms with E-state index < -0.39 is 0 Å². The number of carbonyl (C=O) groups excluding carboxylic acids is 1. The lowest BCUT2D eigenvalue weighted by molar-refractivity contribution is 0.0628. The van der Waals surface area contributed by atoms with Crippen molar-refractivity contribution in [2.45, 2.75) is 20.1 Å². The number of hydrogen-bond acceptors (Lipinski definition) is 4. The molecule has 1 saturated heterocycles. The van der Waals surface area contributed by atoms with E-state index in [-0.39, 0.29) is 5.91 Å². The van der Waals surface area contributed by atoms with Crippen LogP contribution in [-0.4, -0.2) is 51.7 Å². The first-order chi connectivity index (χ1) is 15.0. The third-order valence-electron chi connectivity index (χ3n) is 5.48. The summed E-state index contributed by atoms with van der Waals surface area (Å²) in [5, 5.41) is 4.81. The molecular formula is C24H27ClN4O2. The Morgan fingerprint density at radius 3 is 2.65 bits per heavy atom. The van der Waals surface area contributed by atoms with Gasteiger partial charge in [-0.2, -0.15) is 5.10 Å². The van der Waals surface area contributed by atoms with Gasteiger partial charge in [0, 0.05) is 57.1 Å². The van der Waals surface area contributed by atoms with Crippen LogP contribution in [0, 0.1) is 6.92 Å². The van der Waals surface area contributed by atoms with Crippen LogP contribution in [-0.2, 0) is 20.2 Å². The summed E-state index contributed by atoms with van der Waals surface area (Å²) in [4.78, 5) is 17.3. The number of aryl methyl sites for hydroxylation is 2. The van der Waals surface area contributed by atoms with Crippen molar-refractivity contribution in [2.75, 3.05) is 26.2 Å². The topological polar surface area (TPSA) is 50.6 Å². The van der Waals surface area contributed by atoms with Crippen molar-refractivity contribution in [1.29, 1.82) is 0 Å². The zero-order valence-electron chi connectivity index (χ0n) is 17.9. The van der Waals surface area contributed by atoms with Gasteiger partial charge in [-0.3, -0.25) is 14.4 Å². The normalized spacial score (nSPS) is 14.6. The van der Waals surface area contributed by atoms with E-state index in [4.69, 9.17) is 16.3 Å². The molecule has 4 rings (SSSR count). The Balaban J connectivity index is 1.33. The van der Waals surface area contributed by atoms with Crippen molar-refractivity contribution in [3.05, 3.63) is 82.1 Å². The predicted molar refractivity (Wildman–Crippen MR) is 121 cm³/mol. The van der Waals surface area contributed by atoms with Crippen LogP contribution in [0.4, 0.5) is 0 Å². The summed E-state index contributed by atoms with van der Waals surface area (Å²) in [5.41, 5.74) is 3.92. The molecule has 7 heteroatoms. The van der Waals surface area contributed by atoms with Gasteiger partial charge in [0.1, 0.15) is 12.4 Å². The molecule has 6 nitrogen and oxygen atoms in total. The number of halogens is 1. The first-order valence-electron chi connectivity index (χ1n) is 10.4. The summed E-state index contributed by atoms with van der Waals surface area (Å²) in [6.07, 6.45) is 3.93. The SMILES string of the molecule is Cc1ccc(Cl)c(OCc2cccc(C(=O)N3CCN(Cc4cnn(C)c4)CC3)c2)c1. The third-order valence-corrected chi connectivity index (χ3v) is 5.79. The minimum Gasteiger partial charge on any atom is -0.487 e. The van der Waals surface area contributed by atoms with Gasteiger partial charge >= 0.3 is 0 Å². The summed E-state index contributed by atoms with van der Waals surface area (Å²) >= 11 is 6.22. The van der Waals surface area contributed by atoms with E-state index >= 15 is 0 Å². The molecule has 2 aromatic carbocycles. The van der Waals surface area contributed by atoms with E-state index in [0.29, 0.717) is 22.9 Å². The maximum absolute atomic E-state index is 13.0. The minimum atomic E-state index is 0.0662. The Bertz CT molecular complexity index is 1060. The Morgan fingerprint density at radius 1 is 1.10 bits per heavy atom. The molecule has 0 aliphatic carbocycles. The van der Waals surface area contributed by atoms with Crippen LogP contribution in [0.5, 0.6) is 5.75 Å². The first-order valence-corrected chi connectivity index (χ1v) is 10.8. The van der Waals surface area contributed by atoms with Crippen molar-refractivity contribution in [2.24, 2.45) is 7.05 Å². The number of piperazine rings is 1. The van der Waals surface area contributed by atoms with Gasteiger partial charge in [0.25, 0.3) is 5.91 Å². The lowest BCUT2D eigenvalue weighted by Gasteiger charge is -2.34. The fraction of sp³-hybridized carbons (Fsp3) is 0.333. The van der Waals surface area contributed by atoms with E-state index in [1.807, 2.05) is 78.4 Å². The maximum Gasteiger partial charge on any atom is 0.253 e. The van der Waals surface area contributed by atoms with Crippen LogP contribution in [0.15, 0.2) is 54.9 Å². The molecule has 0 radical (unpaired) electrons. The molecule has 0 saturated carbocycles. The quantitative estimate of drug-likeness (QED) is 0.585. The molecule has 162 valence electrons. The molecule has 1 amide bonds. The molecule has 0 N–H and O–H groups in total. The lowest BCUT2D eigenvalue weighted by atomic mass is 10.1. The first kappa shape index (κ1) is 21.4. The fourth-order valence-electron chi connectivity index (χ4n) is 3.78. The molecule has 0 unspecified atom stereocenters. The molecule has 0 bridgehead atoms. The second-order valence-corrected chi connectivity index (χ2v) is 8.42. The van der Waals surface area contributed by atoms with Crippen LogP contribution in [0.2, 0.25) is 5.02 Å². The molecule has 1 aromatic heterocycles. The van der Waals surface area contributed by atoms with Gasteiger partial charge < -0.3 is 9.64 Å². The summed E-state index contributed by atoms with van der Waals surface area (Å²) in [6, 6.07) is 13.4. The Morgan fingerprint density at radius 2 is 1.90 bits per heavy atom. The van der Waals surface area contributed by atoms with E-state index in [1.165, 1.54) is 5.56 Å². The minimum absolute atomic E-state index is 0.0662. The Hall–Kier alpha value is -2.83. The van der Waals surface area contributed by atoms with Crippen molar-refractivity contribution in [3.8, 4) is 5.75 Å². The van der Waals surface area contributed by atoms with Gasteiger partial charge in [0.05, 0.1) is 11.2 Å². The highest BCUT2D eigenvalue weighted by molar-refractivity contribution is 6.32. The van der Waals surface area contributed by atoms with E-state index in [2.05, 4.69) is 10.00 Å². The van der Waals surface area contributed by atoms with Gasteiger partial charge in [0.2, 0.25) is 0 Å². The predicted octanol–water partition coefficient (Wildman–Crippen LogP) is 3.92. The smallest absolute Gasteiger partial charge is 0.253 e. The van der Waals surface area contributed by atoms with Crippen molar-refractivity contribution in [3.63, 3.8) is 0 Å². The van der Waals surface area contributed by atoms with Gasteiger partial charge in [-0.25, -0.2) is 0 Å². The average molecular weight is 439 g/mol. The van der Waals surface area contributed by atoms with Crippen molar-refractivity contribution in [1.82, 2.24) is 19.6 Å². The average Bonchev–Trinajstić information content (AvgIpc) is 3.19. The highest BCUT2D eigenvalue weighted by Crippen LogP contribution is 2.26. The zero-order valence-corrected chi connectivity index (χ0v) is 18.7. The Labute approximate surface area is 188 Å². The number of amides is 1. The number of benzene rings is 2. The monoisotopic (exact) mass is 438 g/mol. The number of ether oxygens (including phenoxy) is 1. The zero-order chi connectivity index (χ0) is 21.8. The highest BCUT2D eigenvalue weighted by Gasteiger charge is 2.22. The molecular weight excluding hydrogens is 412 g/mol. The number of carbonyl (C=O) groups is 1. The van der Waals surface area contributed by atoms with Crippen LogP contribution in [0.25, 0.3) is 0 Å². The summed E-state index contributed by atoms with van der Waals surface area (Å²) in [5.74, 6) is 0.722. The third kappa shape index (κ3) is 5.46. The molecule has 2 heterocycles. The number of rotatable bonds is 6. The van der Waals surface area contributed by atoms with Crippen molar-refractivity contribution >= 4 is 17.5 Å². The summed E-state index contributed by atoms with van der Waals surface area (Å²) in [7, 11) is 1.93. The highest BCUT2D eigenvalue weighted by atomic mass is 35.5. The van der Waals surface area contributed by atoms with E-state index in [9.17, 15) is 4.79 Å². The van der Waals surface area contributed by atoms with Gasteiger partial charge in [0.15, 0.2) is 0 Å². The van der Waals surface area contributed by atoms with Gasteiger partial charge in [-0.05, 0) is 42.3 Å². The molecule has 0 atom stereocenters. The molecule has 3 aromatic rings. The van der Waals surface area contributed by atoms with Crippen LogP contribution < -0.4 is 4.74 Å². The molecule has 1 aliphatic rings. The number of hydrogen-bond donors (Lipinski definition) is 0. The number of aromatic nitrogens is 2.